The van der Waals surface area contributed by atoms with Crippen LogP contribution in [0.15, 0.2) is 36.4 Å². The van der Waals surface area contributed by atoms with Crippen molar-refractivity contribution in [2.75, 3.05) is 31.0 Å². The average molecular weight is 432 g/mol. The van der Waals surface area contributed by atoms with Crippen LogP contribution in [0.2, 0.25) is 0 Å². The maximum Gasteiger partial charge on any atom is 0.241 e. The molecule has 1 amide bonds. The number of carbonyl (C=O) groups is 1. The largest absolute Gasteiger partial charge is 0.497 e. The van der Waals surface area contributed by atoms with E-state index in [1.165, 1.54) is 0 Å². The van der Waals surface area contributed by atoms with E-state index in [1.807, 2.05) is 18.2 Å². The predicted molar refractivity (Wildman–Crippen MR) is 112 cm³/mol. The molecule has 9 heteroatoms. The Bertz CT molecular complexity index is 1070. The summed E-state index contributed by atoms with van der Waals surface area (Å²) in [5.74, 6) is 1.42. The highest BCUT2D eigenvalue weighted by atomic mass is 32.2. The molecule has 1 atom stereocenters. The molecule has 2 aromatic carbocycles. The molecule has 0 bridgehead atoms. The molecule has 0 radical (unpaired) electrons. The minimum atomic E-state index is -3.68. The summed E-state index contributed by atoms with van der Waals surface area (Å²) in [6, 6.07) is 10.5. The van der Waals surface area contributed by atoms with Gasteiger partial charge in [0.25, 0.3) is 0 Å². The number of carbonyl (C=O) groups excluding carboxylic acids is 1. The quantitative estimate of drug-likeness (QED) is 0.753. The van der Waals surface area contributed by atoms with Gasteiger partial charge in [-0.3, -0.25) is 9.10 Å². The number of sulfonamides is 1. The highest BCUT2D eigenvalue weighted by molar-refractivity contribution is 7.92. The first kappa shape index (κ1) is 20.3. The lowest BCUT2D eigenvalue weighted by atomic mass is 9.87. The molecule has 1 heterocycles. The summed E-state index contributed by atoms with van der Waals surface area (Å²) in [6.45, 7) is -0.232. The Kier molecular flexibility index (Phi) is 5.46. The van der Waals surface area contributed by atoms with Crippen LogP contribution in [0.1, 0.15) is 30.0 Å². The van der Waals surface area contributed by atoms with E-state index in [1.54, 1.807) is 25.3 Å². The lowest BCUT2D eigenvalue weighted by molar-refractivity contribution is -0.120. The minimum absolute atomic E-state index is 0.0873. The Morgan fingerprint density at radius 2 is 2.00 bits per heavy atom. The zero-order valence-electron chi connectivity index (χ0n) is 16.9. The minimum Gasteiger partial charge on any atom is -0.497 e. The van der Waals surface area contributed by atoms with Crippen molar-refractivity contribution in [2.45, 2.75) is 25.3 Å². The molecule has 0 spiro atoms. The van der Waals surface area contributed by atoms with Gasteiger partial charge >= 0.3 is 0 Å². The number of fused-ring (bicyclic) bond motifs is 2. The summed E-state index contributed by atoms with van der Waals surface area (Å²) in [7, 11) is -2.06. The molecule has 8 nitrogen and oxygen atoms in total. The van der Waals surface area contributed by atoms with Crippen molar-refractivity contribution < 1.29 is 27.4 Å². The first-order valence-corrected chi connectivity index (χ1v) is 11.5. The van der Waals surface area contributed by atoms with Gasteiger partial charge in [-0.25, -0.2) is 8.42 Å². The molecule has 0 fully saturated rings. The molecular weight excluding hydrogens is 408 g/mol. The molecule has 2 aliphatic rings. The van der Waals surface area contributed by atoms with Gasteiger partial charge in [-0.1, -0.05) is 6.07 Å². The Balaban J connectivity index is 1.52. The van der Waals surface area contributed by atoms with E-state index in [0.717, 1.165) is 46.7 Å². The van der Waals surface area contributed by atoms with Gasteiger partial charge in [0.15, 0.2) is 11.5 Å². The van der Waals surface area contributed by atoms with Crippen LogP contribution in [-0.2, 0) is 21.2 Å². The lowest BCUT2D eigenvalue weighted by Crippen LogP contribution is -2.42. The fourth-order valence-corrected chi connectivity index (χ4v) is 4.73. The first-order chi connectivity index (χ1) is 14.3. The third-order valence-electron chi connectivity index (χ3n) is 5.33. The number of nitrogens with zero attached hydrogens (tertiary/aromatic N) is 1. The molecule has 0 saturated carbocycles. The van der Waals surface area contributed by atoms with Crippen molar-refractivity contribution >= 4 is 21.6 Å². The number of benzene rings is 2. The number of nitrogens with one attached hydrogen (secondary N) is 1. The van der Waals surface area contributed by atoms with Crippen LogP contribution in [0.5, 0.6) is 17.2 Å². The van der Waals surface area contributed by atoms with Gasteiger partial charge in [-0.05, 0) is 54.7 Å². The smallest absolute Gasteiger partial charge is 0.241 e. The van der Waals surface area contributed by atoms with Gasteiger partial charge < -0.3 is 19.5 Å². The van der Waals surface area contributed by atoms with Crippen molar-refractivity contribution in [3.05, 3.63) is 47.5 Å². The van der Waals surface area contributed by atoms with E-state index >= 15 is 0 Å². The molecule has 4 rings (SSSR count). The van der Waals surface area contributed by atoms with Crippen molar-refractivity contribution in [3.8, 4) is 17.2 Å². The maximum atomic E-state index is 12.8. The molecule has 0 saturated heterocycles. The van der Waals surface area contributed by atoms with E-state index in [9.17, 15) is 13.2 Å². The first-order valence-electron chi connectivity index (χ1n) is 9.68. The summed E-state index contributed by atoms with van der Waals surface area (Å²) >= 11 is 0. The van der Waals surface area contributed by atoms with Crippen molar-refractivity contribution in [2.24, 2.45) is 0 Å². The van der Waals surface area contributed by atoms with Crippen LogP contribution >= 0.6 is 0 Å². The van der Waals surface area contributed by atoms with E-state index in [-0.39, 0.29) is 25.3 Å². The third-order valence-corrected chi connectivity index (χ3v) is 6.47. The van der Waals surface area contributed by atoms with E-state index in [0.29, 0.717) is 17.2 Å². The molecule has 1 aliphatic carbocycles. The average Bonchev–Trinajstić information content (AvgIpc) is 3.19. The number of hydrogen-bond donors (Lipinski definition) is 1. The van der Waals surface area contributed by atoms with E-state index < -0.39 is 10.0 Å². The van der Waals surface area contributed by atoms with Gasteiger partial charge in [0.1, 0.15) is 12.3 Å². The normalized spacial score (nSPS) is 17.2. The number of ether oxygens (including phenoxy) is 3. The highest BCUT2D eigenvalue weighted by Gasteiger charge is 2.27. The molecule has 160 valence electrons. The van der Waals surface area contributed by atoms with Crippen molar-refractivity contribution in [1.29, 1.82) is 0 Å². The molecule has 1 N–H and O–H groups in total. The SMILES string of the molecule is COc1ccc2c(c1)CCCC2NC(=O)CN(c1ccc2c(c1)OCO2)S(C)(=O)=O. The van der Waals surface area contributed by atoms with Gasteiger partial charge in [0.2, 0.25) is 22.7 Å². The summed E-state index contributed by atoms with van der Waals surface area (Å²) in [5, 5.41) is 3.00. The number of anilines is 1. The fourth-order valence-electron chi connectivity index (χ4n) is 3.88. The summed E-state index contributed by atoms with van der Waals surface area (Å²) in [5.41, 5.74) is 2.54. The zero-order chi connectivity index (χ0) is 21.3. The van der Waals surface area contributed by atoms with E-state index in [4.69, 9.17) is 14.2 Å². The van der Waals surface area contributed by atoms with Gasteiger partial charge in [0, 0.05) is 6.07 Å². The highest BCUT2D eigenvalue weighted by Crippen LogP contribution is 2.36. The number of aryl methyl sites for hydroxylation is 1. The van der Waals surface area contributed by atoms with Crippen LogP contribution in [-0.4, -0.2) is 41.0 Å². The number of rotatable bonds is 6. The van der Waals surface area contributed by atoms with Crippen LogP contribution in [0.25, 0.3) is 0 Å². The molecule has 0 aromatic heterocycles. The molecule has 1 unspecified atom stereocenters. The monoisotopic (exact) mass is 432 g/mol. The summed E-state index contributed by atoms with van der Waals surface area (Å²) in [6.07, 6.45) is 3.73. The maximum absolute atomic E-state index is 12.8. The lowest BCUT2D eigenvalue weighted by Gasteiger charge is -2.28. The Hall–Kier alpha value is -2.94. The predicted octanol–water partition coefficient (Wildman–Crippen LogP) is 2.38. The summed E-state index contributed by atoms with van der Waals surface area (Å²) in [4.78, 5) is 12.8. The standard InChI is InChI=1S/C21H24N2O6S/c1-27-16-7-8-17-14(10-16)4-3-5-18(17)22-21(24)12-23(30(2,25)26)15-6-9-19-20(11-15)29-13-28-19/h6-11,18H,3-5,12-13H2,1-2H3,(H,22,24). The Morgan fingerprint density at radius 3 is 2.77 bits per heavy atom. The molecule has 1 aliphatic heterocycles. The second kappa shape index (κ2) is 8.06. The van der Waals surface area contributed by atoms with Crippen LogP contribution < -0.4 is 23.8 Å². The van der Waals surface area contributed by atoms with Crippen LogP contribution in [0.4, 0.5) is 5.69 Å². The van der Waals surface area contributed by atoms with Crippen molar-refractivity contribution in [1.82, 2.24) is 5.32 Å². The fraction of sp³-hybridized carbons (Fsp3) is 0.381. The van der Waals surface area contributed by atoms with Gasteiger partial charge in [-0.2, -0.15) is 0 Å². The van der Waals surface area contributed by atoms with Crippen LogP contribution in [0, 0.1) is 0 Å². The van der Waals surface area contributed by atoms with E-state index in [2.05, 4.69) is 5.32 Å². The molecule has 30 heavy (non-hydrogen) atoms. The topological polar surface area (TPSA) is 94.2 Å². The Labute approximate surface area is 175 Å². The van der Waals surface area contributed by atoms with Crippen LogP contribution in [0.3, 0.4) is 0 Å². The third kappa shape index (κ3) is 4.16. The van der Waals surface area contributed by atoms with Crippen molar-refractivity contribution in [3.63, 3.8) is 0 Å². The van der Waals surface area contributed by atoms with Gasteiger partial charge in [-0.15, -0.1) is 0 Å². The van der Waals surface area contributed by atoms with Gasteiger partial charge in [0.05, 0.1) is 25.1 Å². The summed E-state index contributed by atoms with van der Waals surface area (Å²) < 4.78 is 41.7. The molecule has 2 aromatic rings. The zero-order valence-corrected chi connectivity index (χ0v) is 17.7. The number of methoxy groups -OCH3 is 1. The second-order valence-corrected chi connectivity index (χ2v) is 9.29. The molecular formula is C21H24N2O6S. The Morgan fingerprint density at radius 1 is 1.20 bits per heavy atom. The number of amides is 1. The second-order valence-electron chi connectivity index (χ2n) is 7.38. The number of hydrogen-bond acceptors (Lipinski definition) is 6.